The molecule has 3 aliphatic rings. The highest BCUT2D eigenvalue weighted by molar-refractivity contribution is 6.35. The molecule has 138 valence electrons. The quantitative estimate of drug-likeness (QED) is 0.782. The van der Waals surface area contributed by atoms with Gasteiger partial charge in [0.1, 0.15) is 5.82 Å². The van der Waals surface area contributed by atoms with Gasteiger partial charge in [-0.15, -0.1) is 0 Å². The van der Waals surface area contributed by atoms with Crippen molar-refractivity contribution in [2.45, 2.75) is 31.8 Å². The van der Waals surface area contributed by atoms with Crippen LogP contribution < -0.4 is 0 Å². The Morgan fingerprint density at radius 2 is 1.56 bits per heavy atom. The van der Waals surface area contributed by atoms with Crippen molar-refractivity contribution >= 4 is 11.8 Å². The lowest BCUT2D eigenvalue weighted by atomic mass is 10.1. The fourth-order valence-electron chi connectivity index (χ4n) is 4.51. The molecule has 6 nitrogen and oxygen atoms in total. The van der Waals surface area contributed by atoms with Crippen LogP contribution in [0, 0.1) is 11.8 Å². The zero-order chi connectivity index (χ0) is 18.4. The van der Waals surface area contributed by atoms with Crippen LogP contribution in [0.25, 0.3) is 11.1 Å². The zero-order valence-corrected chi connectivity index (χ0v) is 15.1. The monoisotopic (exact) mass is 362 g/mol. The molecular formula is C21H22N4O2. The highest BCUT2D eigenvalue weighted by atomic mass is 16.2. The first kappa shape index (κ1) is 16.4. The van der Waals surface area contributed by atoms with Crippen molar-refractivity contribution in [1.82, 2.24) is 19.8 Å². The standard InChI is InChI=1S/C21H22N4O2/c26-20-21(27)25(18-9-15-8-16(15)10-18)7-6-24(20)13-19-22-11-17(12-23-19)14-4-2-1-3-5-14/h1-5,11-12,15-16,18H,6-10,13H2/t15-,16+,18?. The molecule has 0 radical (unpaired) electrons. The van der Waals surface area contributed by atoms with Crippen LogP contribution in [-0.4, -0.2) is 50.7 Å². The summed E-state index contributed by atoms with van der Waals surface area (Å²) in [6, 6.07) is 10.2. The van der Waals surface area contributed by atoms with Crippen LogP contribution in [0.4, 0.5) is 0 Å². The second-order valence-corrected chi connectivity index (χ2v) is 7.86. The lowest BCUT2D eigenvalue weighted by Gasteiger charge is -2.37. The summed E-state index contributed by atoms with van der Waals surface area (Å²) in [6.45, 7) is 1.46. The summed E-state index contributed by atoms with van der Waals surface area (Å²) in [7, 11) is 0. The second-order valence-electron chi connectivity index (χ2n) is 7.86. The number of carbonyl (C=O) groups excluding carboxylic acids is 2. The molecule has 1 unspecified atom stereocenters. The molecule has 0 bridgehead atoms. The Morgan fingerprint density at radius 3 is 2.26 bits per heavy atom. The van der Waals surface area contributed by atoms with E-state index in [0.29, 0.717) is 18.9 Å². The van der Waals surface area contributed by atoms with E-state index in [4.69, 9.17) is 0 Å². The van der Waals surface area contributed by atoms with E-state index in [-0.39, 0.29) is 18.5 Å². The maximum atomic E-state index is 12.6. The van der Waals surface area contributed by atoms with E-state index < -0.39 is 5.91 Å². The van der Waals surface area contributed by atoms with Gasteiger partial charge in [0.05, 0.1) is 6.54 Å². The van der Waals surface area contributed by atoms with Crippen molar-refractivity contribution in [3.63, 3.8) is 0 Å². The van der Waals surface area contributed by atoms with E-state index >= 15 is 0 Å². The smallest absolute Gasteiger partial charge is 0.312 e. The van der Waals surface area contributed by atoms with Crippen LogP contribution in [0.5, 0.6) is 0 Å². The third kappa shape index (κ3) is 3.09. The number of benzene rings is 1. The predicted octanol–water partition coefficient (Wildman–Crippen LogP) is 2.11. The van der Waals surface area contributed by atoms with E-state index in [9.17, 15) is 9.59 Å². The van der Waals surface area contributed by atoms with E-state index in [2.05, 4.69) is 9.97 Å². The largest absolute Gasteiger partial charge is 0.330 e. The molecule has 2 aromatic rings. The molecule has 1 saturated heterocycles. The average molecular weight is 362 g/mol. The van der Waals surface area contributed by atoms with E-state index in [0.717, 1.165) is 35.8 Å². The minimum Gasteiger partial charge on any atom is -0.330 e. The van der Waals surface area contributed by atoms with Crippen molar-refractivity contribution < 1.29 is 9.59 Å². The van der Waals surface area contributed by atoms with Crippen LogP contribution in [0.1, 0.15) is 25.1 Å². The minimum atomic E-state index is -0.419. The van der Waals surface area contributed by atoms with Crippen LogP contribution in [-0.2, 0) is 16.1 Å². The van der Waals surface area contributed by atoms with Crippen molar-refractivity contribution in [2.75, 3.05) is 13.1 Å². The number of hydrogen-bond acceptors (Lipinski definition) is 4. The van der Waals surface area contributed by atoms with Gasteiger partial charge in [-0.1, -0.05) is 30.3 Å². The summed E-state index contributed by atoms with van der Waals surface area (Å²) in [5, 5.41) is 0. The molecule has 2 amide bonds. The Balaban J connectivity index is 1.23. The molecule has 6 heteroatoms. The maximum absolute atomic E-state index is 12.6. The van der Waals surface area contributed by atoms with Crippen molar-refractivity contribution in [3.8, 4) is 11.1 Å². The summed E-state index contributed by atoms with van der Waals surface area (Å²) >= 11 is 0. The summed E-state index contributed by atoms with van der Waals surface area (Å²) in [5.74, 6) is 1.39. The van der Waals surface area contributed by atoms with Gasteiger partial charge in [-0.25, -0.2) is 9.97 Å². The number of aromatic nitrogens is 2. The van der Waals surface area contributed by atoms with Crippen LogP contribution in [0.3, 0.4) is 0 Å². The Labute approximate surface area is 158 Å². The average Bonchev–Trinajstić information content (AvgIpc) is 3.32. The lowest BCUT2D eigenvalue weighted by Crippen LogP contribution is -2.56. The highest BCUT2D eigenvalue weighted by Crippen LogP contribution is 2.53. The molecule has 3 fully saturated rings. The molecule has 1 aromatic carbocycles. The first-order valence-corrected chi connectivity index (χ1v) is 9.65. The summed E-state index contributed by atoms with van der Waals surface area (Å²) in [5.41, 5.74) is 1.99. The van der Waals surface area contributed by atoms with Crippen LogP contribution in [0.15, 0.2) is 42.7 Å². The number of amides is 2. The van der Waals surface area contributed by atoms with Gasteiger partial charge in [0.2, 0.25) is 0 Å². The molecule has 5 rings (SSSR count). The summed E-state index contributed by atoms with van der Waals surface area (Å²) in [6.07, 6.45) is 7.01. The Hall–Kier alpha value is -2.76. The van der Waals surface area contributed by atoms with Gasteiger partial charge in [-0.05, 0) is 36.7 Å². The third-order valence-corrected chi connectivity index (χ3v) is 6.15. The van der Waals surface area contributed by atoms with Crippen molar-refractivity contribution in [3.05, 3.63) is 48.5 Å². The topological polar surface area (TPSA) is 66.4 Å². The van der Waals surface area contributed by atoms with E-state index in [1.807, 2.05) is 35.2 Å². The Morgan fingerprint density at radius 1 is 0.852 bits per heavy atom. The Bertz CT molecular complexity index is 858. The number of rotatable bonds is 4. The van der Waals surface area contributed by atoms with E-state index in [1.54, 1.807) is 17.3 Å². The second kappa shape index (κ2) is 6.44. The van der Waals surface area contributed by atoms with Crippen LogP contribution in [0.2, 0.25) is 0 Å². The zero-order valence-electron chi connectivity index (χ0n) is 15.1. The third-order valence-electron chi connectivity index (χ3n) is 6.15. The molecule has 2 aliphatic carbocycles. The van der Waals surface area contributed by atoms with Crippen molar-refractivity contribution in [2.24, 2.45) is 11.8 Å². The van der Waals surface area contributed by atoms with E-state index in [1.165, 1.54) is 6.42 Å². The fourth-order valence-corrected chi connectivity index (χ4v) is 4.51. The number of fused-ring (bicyclic) bond motifs is 1. The molecule has 1 aliphatic heterocycles. The minimum absolute atomic E-state index is 0.272. The van der Waals surface area contributed by atoms with Gasteiger partial charge in [0.15, 0.2) is 0 Å². The Kier molecular flexibility index (Phi) is 3.92. The molecule has 0 N–H and O–H groups in total. The number of hydrogen-bond donors (Lipinski definition) is 0. The number of carbonyl (C=O) groups is 2. The summed E-state index contributed by atoms with van der Waals surface area (Å²) < 4.78 is 0. The van der Waals surface area contributed by atoms with Gasteiger partial charge in [-0.2, -0.15) is 0 Å². The molecule has 2 heterocycles. The van der Waals surface area contributed by atoms with Gasteiger partial charge >= 0.3 is 11.8 Å². The van der Waals surface area contributed by atoms with Crippen LogP contribution >= 0.6 is 0 Å². The number of piperazine rings is 1. The lowest BCUT2D eigenvalue weighted by molar-refractivity contribution is -0.158. The number of nitrogens with zero attached hydrogens (tertiary/aromatic N) is 4. The molecule has 27 heavy (non-hydrogen) atoms. The normalized spacial score (nSPS) is 27.0. The summed E-state index contributed by atoms with van der Waals surface area (Å²) in [4.78, 5) is 37.3. The maximum Gasteiger partial charge on any atom is 0.312 e. The van der Waals surface area contributed by atoms with Crippen molar-refractivity contribution in [1.29, 1.82) is 0 Å². The molecule has 0 spiro atoms. The molecule has 2 saturated carbocycles. The van der Waals surface area contributed by atoms with Gasteiger partial charge < -0.3 is 9.80 Å². The van der Waals surface area contributed by atoms with Gasteiger partial charge in [0.25, 0.3) is 0 Å². The molecule has 1 aromatic heterocycles. The molecular weight excluding hydrogens is 340 g/mol. The fraction of sp³-hybridized carbons (Fsp3) is 0.429. The highest BCUT2D eigenvalue weighted by Gasteiger charge is 2.50. The van der Waals surface area contributed by atoms with Gasteiger partial charge in [0, 0.05) is 37.1 Å². The molecule has 3 atom stereocenters. The first-order valence-electron chi connectivity index (χ1n) is 9.65. The SMILES string of the molecule is O=C1C(=O)N(C2C[C@@H]3C[C@@H]3C2)CCN1Cc1ncc(-c2ccccc2)cn1. The van der Waals surface area contributed by atoms with Gasteiger partial charge in [-0.3, -0.25) is 9.59 Å². The predicted molar refractivity (Wildman–Crippen MR) is 99.2 cm³/mol. The first-order chi connectivity index (χ1) is 13.2.